The molecule has 1 N–H and O–H groups in total. The zero-order valence-electron chi connectivity index (χ0n) is 10.0. The summed E-state index contributed by atoms with van der Waals surface area (Å²) in [7, 11) is 0. The van der Waals surface area contributed by atoms with Crippen LogP contribution in [0.15, 0.2) is 29.2 Å². The van der Waals surface area contributed by atoms with E-state index < -0.39 is 0 Å². The first kappa shape index (κ1) is 11.5. The third kappa shape index (κ3) is 2.58. The van der Waals surface area contributed by atoms with E-state index in [9.17, 15) is 4.79 Å². The fraction of sp³-hybridized carbons (Fsp3) is 0.308. The molecule has 0 saturated heterocycles. The first-order valence-electron chi connectivity index (χ1n) is 5.73. The SMILES string of the molecule is CCCc1cc(=O)[nH]c(-c2ncccc2C)n1. The average molecular weight is 229 g/mol. The summed E-state index contributed by atoms with van der Waals surface area (Å²) in [6.45, 7) is 4.02. The summed E-state index contributed by atoms with van der Waals surface area (Å²) >= 11 is 0. The molecular weight excluding hydrogens is 214 g/mol. The second-order valence-corrected chi connectivity index (χ2v) is 4.00. The Hall–Kier alpha value is -1.97. The van der Waals surface area contributed by atoms with E-state index in [2.05, 4.69) is 21.9 Å². The van der Waals surface area contributed by atoms with E-state index in [-0.39, 0.29) is 5.56 Å². The summed E-state index contributed by atoms with van der Waals surface area (Å²) in [4.78, 5) is 23.0. The van der Waals surface area contributed by atoms with Crippen LogP contribution in [-0.4, -0.2) is 15.0 Å². The Kier molecular flexibility index (Phi) is 3.32. The maximum atomic E-state index is 11.5. The predicted octanol–water partition coefficient (Wildman–Crippen LogP) is 2.09. The minimum atomic E-state index is -0.122. The quantitative estimate of drug-likeness (QED) is 0.876. The fourth-order valence-corrected chi connectivity index (χ4v) is 1.74. The lowest BCUT2D eigenvalue weighted by Gasteiger charge is -2.05. The minimum absolute atomic E-state index is 0.122. The Bertz CT molecular complexity index is 575. The second kappa shape index (κ2) is 4.91. The van der Waals surface area contributed by atoms with Gasteiger partial charge in [0.15, 0.2) is 5.82 Å². The largest absolute Gasteiger partial charge is 0.305 e. The molecule has 0 bridgehead atoms. The van der Waals surface area contributed by atoms with Crippen LogP contribution in [0.5, 0.6) is 0 Å². The molecule has 17 heavy (non-hydrogen) atoms. The molecular formula is C13H15N3O. The first-order valence-corrected chi connectivity index (χ1v) is 5.73. The third-order valence-corrected chi connectivity index (χ3v) is 2.53. The van der Waals surface area contributed by atoms with Crippen LogP contribution in [0.1, 0.15) is 24.6 Å². The van der Waals surface area contributed by atoms with E-state index in [0.717, 1.165) is 29.8 Å². The van der Waals surface area contributed by atoms with Crippen molar-refractivity contribution >= 4 is 0 Å². The number of aromatic amines is 1. The maximum Gasteiger partial charge on any atom is 0.251 e. The Morgan fingerprint density at radius 2 is 2.24 bits per heavy atom. The number of H-pyrrole nitrogens is 1. The lowest BCUT2D eigenvalue weighted by molar-refractivity contribution is 0.867. The van der Waals surface area contributed by atoms with Crippen molar-refractivity contribution in [2.75, 3.05) is 0 Å². The molecule has 0 aromatic carbocycles. The molecule has 0 aliphatic rings. The molecule has 2 rings (SSSR count). The van der Waals surface area contributed by atoms with Crippen LogP contribution in [0, 0.1) is 6.92 Å². The molecule has 2 aromatic rings. The molecule has 0 unspecified atom stereocenters. The van der Waals surface area contributed by atoms with Crippen LogP contribution < -0.4 is 5.56 Å². The normalized spacial score (nSPS) is 10.5. The van der Waals surface area contributed by atoms with E-state index in [0.29, 0.717) is 5.82 Å². The highest BCUT2D eigenvalue weighted by Crippen LogP contribution is 2.15. The van der Waals surface area contributed by atoms with E-state index in [1.807, 2.05) is 19.1 Å². The van der Waals surface area contributed by atoms with Gasteiger partial charge >= 0.3 is 0 Å². The summed E-state index contributed by atoms with van der Waals surface area (Å²) in [6.07, 6.45) is 3.48. The zero-order valence-corrected chi connectivity index (χ0v) is 10.0. The number of nitrogens with one attached hydrogen (secondary N) is 1. The van der Waals surface area contributed by atoms with Gasteiger partial charge in [0, 0.05) is 18.0 Å². The van der Waals surface area contributed by atoms with E-state index in [1.54, 1.807) is 12.3 Å². The molecule has 88 valence electrons. The molecule has 2 heterocycles. The summed E-state index contributed by atoms with van der Waals surface area (Å²) < 4.78 is 0. The van der Waals surface area contributed by atoms with E-state index in [1.165, 1.54) is 0 Å². The fourth-order valence-electron chi connectivity index (χ4n) is 1.74. The van der Waals surface area contributed by atoms with Crippen LogP contribution in [0.25, 0.3) is 11.5 Å². The van der Waals surface area contributed by atoms with Crippen molar-refractivity contribution in [3.63, 3.8) is 0 Å². The van der Waals surface area contributed by atoms with Crippen LogP contribution >= 0.6 is 0 Å². The van der Waals surface area contributed by atoms with Crippen LogP contribution in [-0.2, 0) is 6.42 Å². The molecule has 4 heteroatoms. The third-order valence-electron chi connectivity index (χ3n) is 2.53. The van der Waals surface area contributed by atoms with Gasteiger partial charge in [-0.05, 0) is 25.0 Å². The van der Waals surface area contributed by atoms with Gasteiger partial charge in [0.1, 0.15) is 5.69 Å². The van der Waals surface area contributed by atoms with Crippen molar-refractivity contribution in [2.45, 2.75) is 26.7 Å². The first-order chi connectivity index (χ1) is 8.20. The molecule has 0 aliphatic heterocycles. The van der Waals surface area contributed by atoms with Gasteiger partial charge in [-0.1, -0.05) is 19.4 Å². The van der Waals surface area contributed by atoms with Gasteiger partial charge in [-0.2, -0.15) is 0 Å². The zero-order chi connectivity index (χ0) is 12.3. The summed E-state index contributed by atoms with van der Waals surface area (Å²) in [5, 5.41) is 0. The molecule has 2 aromatic heterocycles. The molecule has 0 aliphatic carbocycles. The number of rotatable bonds is 3. The second-order valence-electron chi connectivity index (χ2n) is 4.00. The highest BCUT2D eigenvalue weighted by Gasteiger charge is 2.07. The monoisotopic (exact) mass is 229 g/mol. The van der Waals surface area contributed by atoms with E-state index in [4.69, 9.17) is 0 Å². The maximum absolute atomic E-state index is 11.5. The van der Waals surface area contributed by atoms with Gasteiger partial charge in [0.25, 0.3) is 5.56 Å². The van der Waals surface area contributed by atoms with E-state index >= 15 is 0 Å². The number of pyridine rings is 1. The number of aryl methyl sites for hydroxylation is 2. The average Bonchev–Trinajstić information content (AvgIpc) is 2.29. The van der Waals surface area contributed by atoms with Gasteiger partial charge < -0.3 is 4.98 Å². The van der Waals surface area contributed by atoms with Crippen LogP contribution in [0.4, 0.5) is 0 Å². The molecule has 0 amide bonds. The topological polar surface area (TPSA) is 58.6 Å². The molecule has 4 nitrogen and oxygen atoms in total. The lowest BCUT2D eigenvalue weighted by Crippen LogP contribution is -2.11. The minimum Gasteiger partial charge on any atom is -0.305 e. The van der Waals surface area contributed by atoms with Crippen LogP contribution in [0.2, 0.25) is 0 Å². The standard InChI is InChI=1S/C13H15N3O/c1-3-5-10-8-11(17)16-13(15-10)12-9(2)6-4-7-14-12/h4,6-8H,3,5H2,1-2H3,(H,15,16,17). The Labute approximate surface area is 99.8 Å². The van der Waals surface area contributed by atoms with Crippen molar-refractivity contribution in [2.24, 2.45) is 0 Å². The molecule has 0 spiro atoms. The van der Waals surface area contributed by atoms with Crippen molar-refractivity contribution in [1.82, 2.24) is 15.0 Å². The van der Waals surface area contributed by atoms with Crippen molar-refractivity contribution in [1.29, 1.82) is 0 Å². The van der Waals surface area contributed by atoms with Gasteiger partial charge in [-0.15, -0.1) is 0 Å². The lowest BCUT2D eigenvalue weighted by atomic mass is 10.2. The Morgan fingerprint density at radius 3 is 2.94 bits per heavy atom. The highest BCUT2D eigenvalue weighted by atomic mass is 16.1. The van der Waals surface area contributed by atoms with Crippen LogP contribution in [0.3, 0.4) is 0 Å². The van der Waals surface area contributed by atoms with Gasteiger partial charge in [-0.25, -0.2) is 4.98 Å². The summed E-state index contributed by atoms with van der Waals surface area (Å²) in [5.74, 6) is 0.555. The number of hydrogen-bond donors (Lipinski definition) is 1. The summed E-state index contributed by atoms with van der Waals surface area (Å²) in [6, 6.07) is 5.37. The number of hydrogen-bond acceptors (Lipinski definition) is 3. The number of nitrogens with zero attached hydrogens (tertiary/aromatic N) is 2. The molecule has 0 fully saturated rings. The van der Waals surface area contributed by atoms with Crippen molar-refractivity contribution < 1.29 is 0 Å². The van der Waals surface area contributed by atoms with Gasteiger partial charge in [0.05, 0.1) is 0 Å². The van der Waals surface area contributed by atoms with Crippen molar-refractivity contribution in [3.8, 4) is 11.5 Å². The Morgan fingerprint density at radius 1 is 1.41 bits per heavy atom. The van der Waals surface area contributed by atoms with Gasteiger partial charge in [-0.3, -0.25) is 9.78 Å². The summed E-state index contributed by atoms with van der Waals surface area (Å²) in [5.41, 5.74) is 2.44. The predicted molar refractivity (Wildman–Crippen MR) is 66.8 cm³/mol. The number of aromatic nitrogens is 3. The smallest absolute Gasteiger partial charge is 0.251 e. The van der Waals surface area contributed by atoms with Gasteiger partial charge in [0.2, 0.25) is 0 Å². The molecule has 0 atom stereocenters. The van der Waals surface area contributed by atoms with Crippen molar-refractivity contribution in [3.05, 3.63) is 46.0 Å². The molecule has 0 radical (unpaired) electrons. The Balaban J connectivity index is 2.52. The molecule has 0 saturated carbocycles. The highest BCUT2D eigenvalue weighted by molar-refractivity contribution is 5.53.